The maximum Gasteiger partial charge on any atom is 0.308 e. The molecule has 3 N–H and O–H groups in total. The maximum absolute atomic E-state index is 12.5. The number of hydrogen-bond donors (Lipinski definition) is 3. The molecule has 0 aliphatic rings. The molecule has 0 spiro atoms. The lowest BCUT2D eigenvalue weighted by molar-refractivity contribution is -0.136. The van der Waals surface area contributed by atoms with Gasteiger partial charge >= 0.3 is 5.97 Å². The maximum atomic E-state index is 12.5. The quantitative estimate of drug-likeness (QED) is 0.803. The highest BCUT2D eigenvalue weighted by atomic mass is 16.4. The second-order valence-corrected chi connectivity index (χ2v) is 5.92. The predicted molar refractivity (Wildman–Crippen MR) is 78.1 cm³/mol. The van der Waals surface area contributed by atoms with Gasteiger partial charge < -0.3 is 10.2 Å². The van der Waals surface area contributed by atoms with E-state index >= 15 is 0 Å². The third kappa shape index (κ3) is 2.84. The monoisotopic (exact) mass is 290 g/mol. The van der Waals surface area contributed by atoms with Crippen molar-refractivity contribution in [2.45, 2.75) is 32.6 Å². The van der Waals surface area contributed by atoms with Crippen molar-refractivity contribution >= 4 is 5.97 Å². The molecule has 6 nitrogen and oxygen atoms in total. The Morgan fingerprint density at radius 3 is 2.43 bits per heavy atom. The molecule has 0 aliphatic carbocycles. The molecule has 1 aromatic heterocycles. The average molecular weight is 290 g/mol. The molecule has 2 aromatic rings. The van der Waals surface area contributed by atoms with Crippen LogP contribution in [-0.2, 0) is 16.6 Å². The van der Waals surface area contributed by atoms with E-state index in [1.807, 2.05) is 20.8 Å². The van der Waals surface area contributed by atoms with Crippen molar-refractivity contribution in [3.63, 3.8) is 0 Å². The molecule has 0 bridgehead atoms. The normalized spacial score (nSPS) is 11.6. The molecule has 0 unspecified atom stereocenters. The Hall–Kier alpha value is -2.50. The number of carboxylic acids is 1. The van der Waals surface area contributed by atoms with E-state index in [1.54, 1.807) is 18.2 Å². The van der Waals surface area contributed by atoms with Gasteiger partial charge in [-0.15, -0.1) is 0 Å². The molecule has 6 heteroatoms. The Bertz CT molecular complexity index is 735. The number of carbonyl (C=O) groups is 1. The highest BCUT2D eigenvalue weighted by Crippen LogP contribution is 2.25. The molecule has 0 fully saturated rings. The Kier molecular flexibility index (Phi) is 3.63. The topological polar surface area (TPSA) is 95.3 Å². The molecule has 21 heavy (non-hydrogen) atoms. The minimum absolute atomic E-state index is 0.0526. The Morgan fingerprint density at radius 1 is 1.29 bits per heavy atom. The molecule has 0 aliphatic heterocycles. The average Bonchev–Trinajstić information content (AvgIpc) is 2.67. The summed E-state index contributed by atoms with van der Waals surface area (Å²) < 4.78 is 1.19. The molecule has 2 rings (SSSR count). The molecule has 112 valence electrons. The lowest BCUT2D eigenvalue weighted by Gasteiger charge is -2.17. The predicted octanol–water partition coefficient (Wildman–Crippen LogP) is 1.80. The Morgan fingerprint density at radius 2 is 1.90 bits per heavy atom. The number of aromatic nitrogens is 2. The first-order valence-corrected chi connectivity index (χ1v) is 6.56. The van der Waals surface area contributed by atoms with Crippen molar-refractivity contribution in [3.05, 3.63) is 45.9 Å². The van der Waals surface area contributed by atoms with Gasteiger partial charge in [-0.05, 0) is 12.1 Å². The second kappa shape index (κ2) is 5.12. The number of nitrogens with one attached hydrogen (secondary N) is 1. The second-order valence-electron chi connectivity index (χ2n) is 5.92. The van der Waals surface area contributed by atoms with Gasteiger partial charge in [-0.3, -0.25) is 14.7 Å². The van der Waals surface area contributed by atoms with Gasteiger partial charge in [-0.25, -0.2) is 4.68 Å². The number of H-pyrrole nitrogens is 1. The summed E-state index contributed by atoms with van der Waals surface area (Å²) in [5.41, 5.74) is 0.185. The number of hydrogen-bond acceptors (Lipinski definition) is 3. The molecule has 0 amide bonds. The van der Waals surface area contributed by atoms with Crippen LogP contribution in [0.1, 0.15) is 32.0 Å². The number of benzene rings is 1. The van der Waals surface area contributed by atoms with Crippen molar-refractivity contribution in [2.75, 3.05) is 0 Å². The molecule has 0 saturated heterocycles. The van der Waals surface area contributed by atoms with E-state index in [0.717, 1.165) is 0 Å². The van der Waals surface area contributed by atoms with Crippen LogP contribution in [0.4, 0.5) is 0 Å². The van der Waals surface area contributed by atoms with Gasteiger partial charge in [0.1, 0.15) is 11.4 Å². The van der Waals surface area contributed by atoms with Gasteiger partial charge in [0.25, 0.3) is 5.56 Å². The van der Waals surface area contributed by atoms with Crippen LogP contribution in [0.5, 0.6) is 5.75 Å². The largest absolute Gasteiger partial charge is 0.506 e. The number of nitrogens with zero attached hydrogens (tertiary/aromatic N) is 1. The zero-order chi connectivity index (χ0) is 15.8. The third-order valence-electron chi connectivity index (χ3n) is 3.19. The summed E-state index contributed by atoms with van der Waals surface area (Å²) in [6.07, 6.45) is -0.359. The number of aliphatic carboxylic acids is 1. The van der Waals surface area contributed by atoms with Gasteiger partial charge in [0.15, 0.2) is 0 Å². The van der Waals surface area contributed by atoms with Crippen LogP contribution in [0.2, 0.25) is 0 Å². The van der Waals surface area contributed by atoms with Gasteiger partial charge in [0, 0.05) is 11.1 Å². The number of para-hydroxylation sites is 2. The van der Waals surface area contributed by atoms with E-state index in [2.05, 4.69) is 5.10 Å². The molecular formula is C15H18N2O4. The summed E-state index contributed by atoms with van der Waals surface area (Å²) in [6.45, 7) is 5.66. The van der Waals surface area contributed by atoms with Crippen molar-refractivity contribution in [3.8, 4) is 11.4 Å². The van der Waals surface area contributed by atoms with Crippen LogP contribution >= 0.6 is 0 Å². The molecule has 1 aromatic carbocycles. The summed E-state index contributed by atoms with van der Waals surface area (Å²) >= 11 is 0. The number of carboxylic acid groups (broad SMARTS) is 1. The number of phenolic OH excluding ortho intramolecular Hbond substituents is 1. The number of aromatic amines is 1. The first-order valence-electron chi connectivity index (χ1n) is 6.56. The van der Waals surface area contributed by atoms with E-state index in [-0.39, 0.29) is 17.7 Å². The fraction of sp³-hybridized carbons (Fsp3) is 0.333. The van der Waals surface area contributed by atoms with Crippen LogP contribution in [-0.4, -0.2) is 26.0 Å². The fourth-order valence-electron chi connectivity index (χ4n) is 2.23. The molecule has 1 heterocycles. The minimum Gasteiger partial charge on any atom is -0.506 e. The summed E-state index contributed by atoms with van der Waals surface area (Å²) in [5, 5.41) is 21.8. The number of aromatic hydroxyl groups is 1. The van der Waals surface area contributed by atoms with Gasteiger partial charge in [0.2, 0.25) is 0 Å². The molecule has 0 atom stereocenters. The van der Waals surface area contributed by atoms with Crippen LogP contribution in [0, 0.1) is 0 Å². The van der Waals surface area contributed by atoms with Crippen LogP contribution in [0.3, 0.4) is 0 Å². The summed E-state index contributed by atoms with van der Waals surface area (Å²) in [7, 11) is 0. The molecule has 0 saturated carbocycles. The summed E-state index contributed by atoms with van der Waals surface area (Å²) in [5.74, 6) is -1.12. The van der Waals surface area contributed by atoms with E-state index in [1.165, 1.54) is 10.7 Å². The van der Waals surface area contributed by atoms with Crippen LogP contribution in [0.15, 0.2) is 29.1 Å². The van der Waals surface area contributed by atoms with Crippen molar-refractivity contribution < 1.29 is 15.0 Å². The van der Waals surface area contributed by atoms with Crippen LogP contribution in [0.25, 0.3) is 5.69 Å². The SMILES string of the molecule is CC(C)(C)c1[nH]n(-c2ccccc2O)c(=O)c1CC(=O)O. The van der Waals surface area contributed by atoms with Crippen molar-refractivity contribution in [1.82, 2.24) is 9.78 Å². The van der Waals surface area contributed by atoms with Crippen molar-refractivity contribution in [1.29, 1.82) is 0 Å². The fourth-order valence-corrected chi connectivity index (χ4v) is 2.23. The van der Waals surface area contributed by atoms with E-state index in [9.17, 15) is 14.7 Å². The Labute approximate surface area is 121 Å². The van der Waals surface area contributed by atoms with Crippen LogP contribution < -0.4 is 5.56 Å². The summed E-state index contributed by atoms with van der Waals surface area (Å²) in [4.78, 5) is 23.5. The first kappa shape index (κ1) is 14.9. The van der Waals surface area contributed by atoms with E-state index < -0.39 is 16.9 Å². The smallest absolute Gasteiger partial charge is 0.308 e. The van der Waals surface area contributed by atoms with Gasteiger partial charge in [-0.1, -0.05) is 32.9 Å². The summed E-state index contributed by atoms with van der Waals surface area (Å²) in [6, 6.07) is 6.39. The molecule has 0 radical (unpaired) electrons. The van der Waals surface area contributed by atoms with Crippen molar-refractivity contribution in [2.24, 2.45) is 0 Å². The third-order valence-corrected chi connectivity index (χ3v) is 3.19. The zero-order valence-electron chi connectivity index (χ0n) is 12.2. The number of rotatable bonds is 3. The highest BCUT2D eigenvalue weighted by molar-refractivity contribution is 5.70. The highest BCUT2D eigenvalue weighted by Gasteiger charge is 2.26. The van der Waals surface area contributed by atoms with E-state index in [4.69, 9.17) is 5.11 Å². The van der Waals surface area contributed by atoms with Gasteiger partial charge in [0.05, 0.1) is 12.0 Å². The number of phenols is 1. The van der Waals surface area contributed by atoms with E-state index in [0.29, 0.717) is 11.4 Å². The Balaban J connectivity index is 2.71. The lowest BCUT2D eigenvalue weighted by Crippen LogP contribution is -2.21. The zero-order valence-corrected chi connectivity index (χ0v) is 12.2. The lowest BCUT2D eigenvalue weighted by atomic mass is 9.89. The van der Waals surface area contributed by atoms with Gasteiger partial charge in [-0.2, -0.15) is 0 Å². The minimum atomic E-state index is -1.07. The molecular weight excluding hydrogens is 272 g/mol. The standard InChI is InChI=1S/C15H18N2O4/c1-15(2,3)13-9(8-12(19)20)14(21)17(16-13)10-6-4-5-7-11(10)18/h4-7,16,18H,8H2,1-3H3,(H,19,20). The first-order chi connectivity index (χ1) is 9.71.